The molecule has 0 atom stereocenters. The van der Waals surface area contributed by atoms with E-state index in [1.165, 1.54) is 6.07 Å². The number of nitrogens with zero attached hydrogens (tertiary/aromatic N) is 4. The summed E-state index contributed by atoms with van der Waals surface area (Å²) in [5.74, 6) is -0.363. The highest BCUT2D eigenvalue weighted by atomic mass is 35.5. The number of hydrogen-bond donors (Lipinski definition) is 2. The van der Waals surface area contributed by atoms with Gasteiger partial charge in [-0.25, -0.2) is 9.07 Å². The maximum Gasteiger partial charge on any atom is 0.131 e. The van der Waals surface area contributed by atoms with Crippen molar-refractivity contribution in [2.24, 2.45) is 0 Å². The predicted octanol–water partition coefficient (Wildman–Crippen LogP) is 5.77. The van der Waals surface area contributed by atoms with Gasteiger partial charge in [0.25, 0.3) is 0 Å². The van der Waals surface area contributed by atoms with E-state index in [4.69, 9.17) is 11.6 Å². The summed E-state index contributed by atoms with van der Waals surface area (Å²) in [7, 11) is 1.82. The highest BCUT2D eigenvalue weighted by Gasteiger charge is 2.19. The minimum absolute atomic E-state index is 0.363. The summed E-state index contributed by atoms with van der Waals surface area (Å²) < 4.78 is 16.9. The molecule has 0 aliphatic rings. The summed E-state index contributed by atoms with van der Waals surface area (Å²) in [5, 5.41) is 26.1. The molecule has 0 fully saturated rings. The van der Waals surface area contributed by atoms with E-state index in [1.807, 2.05) is 50.5 Å². The number of rotatable bonds is 5. The summed E-state index contributed by atoms with van der Waals surface area (Å²) >= 11 is 6.32. The molecular weight excluding hydrogens is 451 g/mol. The van der Waals surface area contributed by atoms with Crippen molar-refractivity contribution in [3.05, 3.63) is 88.5 Å². The minimum atomic E-state index is -0.363. The molecule has 0 bridgehead atoms. The topological polar surface area (TPSA) is 82.3 Å². The molecule has 0 saturated carbocycles. The number of para-hydroxylation sites is 1. The second-order valence-electron chi connectivity index (χ2n) is 8.05. The largest absolute Gasteiger partial charge is 0.316 e. The third-order valence-electron chi connectivity index (χ3n) is 5.77. The molecule has 0 amide bonds. The lowest BCUT2D eigenvalue weighted by molar-refractivity contribution is 0.626. The minimum Gasteiger partial charge on any atom is -0.316 e. The number of halogens is 2. The van der Waals surface area contributed by atoms with Crippen molar-refractivity contribution < 1.29 is 4.39 Å². The number of nitriles is 1. The van der Waals surface area contributed by atoms with Crippen LogP contribution in [0.2, 0.25) is 5.02 Å². The van der Waals surface area contributed by atoms with E-state index in [2.05, 4.69) is 26.7 Å². The molecule has 2 aromatic heterocycles. The number of nitrogens with one attached hydrogen (secondary N) is 2. The predicted molar refractivity (Wildman–Crippen MR) is 131 cm³/mol. The normalized spacial score (nSPS) is 11.1. The van der Waals surface area contributed by atoms with Crippen molar-refractivity contribution in [1.82, 2.24) is 25.3 Å². The Morgan fingerprint density at radius 1 is 1.21 bits per heavy atom. The van der Waals surface area contributed by atoms with Crippen molar-refractivity contribution in [2.75, 3.05) is 7.05 Å². The molecule has 168 valence electrons. The fourth-order valence-electron chi connectivity index (χ4n) is 4.26. The zero-order chi connectivity index (χ0) is 23.8. The Morgan fingerprint density at radius 2 is 2.03 bits per heavy atom. The van der Waals surface area contributed by atoms with Gasteiger partial charge in [-0.2, -0.15) is 15.5 Å². The van der Waals surface area contributed by atoms with Crippen LogP contribution in [-0.2, 0) is 6.54 Å². The van der Waals surface area contributed by atoms with Crippen molar-refractivity contribution in [1.29, 1.82) is 5.26 Å². The molecule has 0 aliphatic carbocycles. The molecule has 0 aliphatic heterocycles. The summed E-state index contributed by atoms with van der Waals surface area (Å²) in [5.41, 5.74) is 5.78. The zero-order valence-electron chi connectivity index (χ0n) is 18.5. The smallest absolute Gasteiger partial charge is 0.131 e. The average molecular weight is 471 g/mol. The van der Waals surface area contributed by atoms with Crippen molar-refractivity contribution in [3.63, 3.8) is 0 Å². The average Bonchev–Trinajstić information content (AvgIpc) is 3.45. The number of hydrogen-bond acceptors (Lipinski definition) is 4. The van der Waals surface area contributed by atoms with E-state index in [0.717, 1.165) is 27.8 Å². The third kappa shape index (κ3) is 3.73. The fourth-order valence-corrected chi connectivity index (χ4v) is 4.48. The van der Waals surface area contributed by atoms with Gasteiger partial charge in [0, 0.05) is 34.8 Å². The molecule has 3 aromatic carbocycles. The molecule has 5 rings (SSSR count). The lowest BCUT2D eigenvalue weighted by Crippen LogP contribution is -2.06. The molecular formula is C26H20ClFN6. The van der Waals surface area contributed by atoms with Crippen LogP contribution < -0.4 is 5.32 Å². The number of aromatic amines is 1. The molecule has 8 heteroatoms. The van der Waals surface area contributed by atoms with Gasteiger partial charge in [0.1, 0.15) is 11.5 Å². The highest BCUT2D eigenvalue weighted by molar-refractivity contribution is 6.32. The number of aryl methyl sites for hydroxylation is 1. The molecule has 0 unspecified atom stereocenters. The van der Waals surface area contributed by atoms with E-state index in [0.29, 0.717) is 39.5 Å². The Balaban J connectivity index is 1.66. The van der Waals surface area contributed by atoms with Gasteiger partial charge >= 0.3 is 0 Å². The number of H-pyrrole nitrogens is 1. The maximum absolute atomic E-state index is 15.2. The second kappa shape index (κ2) is 8.75. The molecule has 6 nitrogen and oxygen atoms in total. The van der Waals surface area contributed by atoms with Gasteiger partial charge in [-0.3, -0.25) is 5.10 Å². The standard InChI is InChI=1S/C26H20ClFN6/c1-15-7-16(12-30-2)8-22(28)25(15)19-10-20-23(9-17(19)11-29)32-33-26(20)18-13-31-34(14-18)24-6-4-3-5-21(24)27/h3-10,13-14,30H,12H2,1-2H3,(H,32,33). The monoisotopic (exact) mass is 470 g/mol. The van der Waals surface area contributed by atoms with E-state index >= 15 is 4.39 Å². The molecule has 0 spiro atoms. The SMILES string of the molecule is CNCc1cc(C)c(-c2cc3c(-c4cnn(-c5ccccc5Cl)c4)n[nH]c3cc2C#N)c(F)c1. The number of benzene rings is 3. The number of aromatic nitrogens is 4. The van der Waals surface area contributed by atoms with Gasteiger partial charge in [-0.05, 0) is 55.4 Å². The van der Waals surface area contributed by atoms with Gasteiger partial charge in [0.2, 0.25) is 0 Å². The van der Waals surface area contributed by atoms with E-state index < -0.39 is 0 Å². The molecule has 2 N–H and O–H groups in total. The zero-order valence-corrected chi connectivity index (χ0v) is 19.3. The molecule has 34 heavy (non-hydrogen) atoms. The Hall–Kier alpha value is -3.99. The van der Waals surface area contributed by atoms with Crippen LogP contribution in [-0.4, -0.2) is 27.0 Å². The first-order chi connectivity index (χ1) is 16.5. The molecule has 2 heterocycles. The van der Waals surface area contributed by atoms with Crippen LogP contribution in [0.5, 0.6) is 0 Å². The Morgan fingerprint density at radius 3 is 2.76 bits per heavy atom. The van der Waals surface area contributed by atoms with Crippen LogP contribution in [0.4, 0.5) is 4.39 Å². The van der Waals surface area contributed by atoms with Crippen LogP contribution in [0.1, 0.15) is 16.7 Å². The van der Waals surface area contributed by atoms with Gasteiger partial charge in [0.05, 0.1) is 34.1 Å². The lowest BCUT2D eigenvalue weighted by Gasteiger charge is -2.12. The van der Waals surface area contributed by atoms with Crippen LogP contribution >= 0.6 is 11.6 Å². The first-order valence-electron chi connectivity index (χ1n) is 10.7. The summed E-state index contributed by atoms with van der Waals surface area (Å²) in [6.07, 6.45) is 3.54. The van der Waals surface area contributed by atoms with Crippen LogP contribution in [0.25, 0.3) is 39.0 Å². The lowest BCUT2D eigenvalue weighted by atomic mass is 9.92. The Bertz CT molecular complexity index is 1550. The molecule has 0 saturated heterocycles. The Labute approximate surface area is 200 Å². The summed E-state index contributed by atoms with van der Waals surface area (Å²) in [6.45, 7) is 2.41. The van der Waals surface area contributed by atoms with Crippen LogP contribution in [0.15, 0.2) is 60.9 Å². The molecule has 5 aromatic rings. The fraction of sp³-hybridized carbons (Fsp3) is 0.115. The maximum atomic E-state index is 15.2. The third-order valence-corrected chi connectivity index (χ3v) is 6.09. The summed E-state index contributed by atoms with van der Waals surface area (Å²) in [6, 6.07) is 16.6. The van der Waals surface area contributed by atoms with Crippen LogP contribution in [0, 0.1) is 24.1 Å². The highest BCUT2D eigenvalue weighted by Crippen LogP contribution is 2.36. The van der Waals surface area contributed by atoms with E-state index in [9.17, 15) is 5.26 Å². The second-order valence-corrected chi connectivity index (χ2v) is 8.46. The first kappa shape index (κ1) is 21.8. The Kier molecular flexibility index (Phi) is 5.62. The van der Waals surface area contributed by atoms with Crippen molar-refractivity contribution >= 4 is 22.5 Å². The van der Waals surface area contributed by atoms with Crippen LogP contribution in [0.3, 0.4) is 0 Å². The van der Waals surface area contributed by atoms with Gasteiger partial charge in [-0.1, -0.05) is 29.8 Å². The van der Waals surface area contributed by atoms with Gasteiger partial charge < -0.3 is 5.32 Å². The first-order valence-corrected chi connectivity index (χ1v) is 11.0. The molecule has 0 radical (unpaired) electrons. The van der Waals surface area contributed by atoms with E-state index in [1.54, 1.807) is 23.0 Å². The summed E-state index contributed by atoms with van der Waals surface area (Å²) in [4.78, 5) is 0. The van der Waals surface area contributed by atoms with Crippen molar-refractivity contribution in [3.8, 4) is 34.1 Å². The van der Waals surface area contributed by atoms with Crippen molar-refractivity contribution in [2.45, 2.75) is 13.5 Å². The number of fused-ring (bicyclic) bond motifs is 1. The quantitative estimate of drug-likeness (QED) is 0.341. The van der Waals surface area contributed by atoms with Gasteiger partial charge in [0.15, 0.2) is 0 Å². The van der Waals surface area contributed by atoms with Gasteiger partial charge in [-0.15, -0.1) is 0 Å². The van der Waals surface area contributed by atoms with E-state index in [-0.39, 0.29) is 5.82 Å².